The van der Waals surface area contributed by atoms with Gasteiger partial charge in [-0.2, -0.15) is 0 Å². The minimum atomic E-state index is 0.0825. The number of hydrogen-bond donors (Lipinski definition) is 2. The number of carbonyl (C=O) groups is 1. The minimum absolute atomic E-state index is 0.0825. The highest BCUT2D eigenvalue weighted by atomic mass is 16.1. The van der Waals surface area contributed by atoms with Crippen LogP contribution < -0.4 is 16.0 Å². The van der Waals surface area contributed by atoms with Crippen molar-refractivity contribution in [2.75, 3.05) is 30.4 Å². The summed E-state index contributed by atoms with van der Waals surface area (Å²) in [4.78, 5) is 13.6. The lowest BCUT2D eigenvalue weighted by atomic mass is 9.89. The van der Waals surface area contributed by atoms with Gasteiger partial charge in [-0.15, -0.1) is 0 Å². The van der Waals surface area contributed by atoms with E-state index in [1.807, 2.05) is 6.07 Å². The number of nitrogens with zero attached hydrogens (tertiary/aromatic N) is 1. The first-order chi connectivity index (χ1) is 8.91. The lowest BCUT2D eigenvalue weighted by Crippen LogP contribution is -2.29. The van der Waals surface area contributed by atoms with Crippen molar-refractivity contribution in [2.24, 2.45) is 11.1 Å². The van der Waals surface area contributed by atoms with Crippen molar-refractivity contribution in [1.29, 1.82) is 0 Å². The van der Waals surface area contributed by atoms with Gasteiger partial charge in [0, 0.05) is 25.0 Å². The zero-order valence-corrected chi connectivity index (χ0v) is 12.0. The normalized spacial score (nSPS) is 14.2. The van der Waals surface area contributed by atoms with Crippen LogP contribution in [0.25, 0.3) is 0 Å². The molecule has 3 N–H and O–H groups in total. The van der Waals surface area contributed by atoms with E-state index < -0.39 is 0 Å². The van der Waals surface area contributed by atoms with Crippen LogP contribution in [0.4, 0.5) is 11.4 Å². The summed E-state index contributed by atoms with van der Waals surface area (Å²) in [5, 5.41) is 2.85. The van der Waals surface area contributed by atoms with E-state index in [0.717, 1.165) is 29.9 Å². The van der Waals surface area contributed by atoms with Crippen LogP contribution in [0.1, 0.15) is 25.8 Å². The number of carbonyl (C=O) groups excluding carboxylic acids is 1. The molecule has 0 atom stereocenters. The molecule has 1 aliphatic rings. The van der Waals surface area contributed by atoms with Crippen LogP contribution in [0.5, 0.6) is 0 Å². The van der Waals surface area contributed by atoms with Gasteiger partial charge >= 0.3 is 0 Å². The summed E-state index contributed by atoms with van der Waals surface area (Å²) >= 11 is 0. The summed E-state index contributed by atoms with van der Waals surface area (Å²) in [5.74, 6) is 0.0825. The smallest absolute Gasteiger partial charge is 0.228 e. The molecule has 104 valence electrons. The maximum absolute atomic E-state index is 11.3. The fourth-order valence-corrected chi connectivity index (χ4v) is 2.15. The highest BCUT2D eigenvalue weighted by molar-refractivity contribution is 5.99. The van der Waals surface area contributed by atoms with Crippen molar-refractivity contribution in [1.82, 2.24) is 0 Å². The van der Waals surface area contributed by atoms with Gasteiger partial charge in [0.15, 0.2) is 0 Å². The second-order valence-corrected chi connectivity index (χ2v) is 6.11. The molecule has 0 radical (unpaired) electrons. The average Bonchev–Trinajstić information content (AvgIpc) is 2.75. The van der Waals surface area contributed by atoms with Crippen LogP contribution in [-0.4, -0.2) is 26.0 Å². The molecule has 0 aliphatic carbocycles. The molecule has 0 spiro atoms. The van der Waals surface area contributed by atoms with Crippen molar-refractivity contribution < 1.29 is 4.79 Å². The molecule has 2 rings (SSSR count). The van der Waals surface area contributed by atoms with Crippen molar-refractivity contribution in [3.05, 3.63) is 23.8 Å². The van der Waals surface area contributed by atoms with Gasteiger partial charge < -0.3 is 16.0 Å². The molecule has 0 saturated heterocycles. The maximum atomic E-state index is 11.3. The lowest BCUT2D eigenvalue weighted by molar-refractivity contribution is -0.115. The van der Waals surface area contributed by atoms with Crippen molar-refractivity contribution in [2.45, 2.75) is 26.7 Å². The Morgan fingerprint density at radius 2 is 2.16 bits per heavy atom. The lowest BCUT2D eigenvalue weighted by Gasteiger charge is -2.27. The molecule has 4 heteroatoms. The van der Waals surface area contributed by atoms with Crippen LogP contribution >= 0.6 is 0 Å². The Bertz CT molecular complexity index is 482. The first-order valence-corrected chi connectivity index (χ1v) is 6.75. The second kappa shape index (κ2) is 5.21. The van der Waals surface area contributed by atoms with Gasteiger partial charge in [0.1, 0.15) is 0 Å². The van der Waals surface area contributed by atoms with Crippen LogP contribution in [-0.2, 0) is 11.2 Å². The van der Waals surface area contributed by atoms with E-state index >= 15 is 0 Å². The average molecular weight is 261 g/mol. The molecule has 0 bridgehead atoms. The van der Waals surface area contributed by atoms with E-state index in [0.29, 0.717) is 13.0 Å². The number of benzene rings is 1. The number of amides is 1. The number of anilines is 2. The topological polar surface area (TPSA) is 58.4 Å². The Hall–Kier alpha value is -1.55. The molecule has 1 aromatic rings. The monoisotopic (exact) mass is 261 g/mol. The molecule has 1 amide bonds. The van der Waals surface area contributed by atoms with Crippen LogP contribution in [0.3, 0.4) is 0 Å². The summed E-state index contributed by atoms with van der Waals surface area (Å²) in [5.41, 5.74) is 9.12. The highest BCUT2D eigenvalue weighted by Gasteiger charge is 2.19. The Labute approximate surface area is 115 Å². The molecule has 0 saturated carbocycles. The summed E-state index contributed by atoms with van der Waals surface area (Å²) < 4.78 is 0. The van der Waals surface area contributed by atoms with Crippen LogP contribution in [0.15, 0.2) is 18.2 Å². The molecule has 1 aromatic carbocycles. The largest absolute Gasteiger partial charge is 0.375 e. The third-order valence-corrected chi connectivity index (χ3v) is 3.83. The van der Waals surface area contributed by atoms with Gasteiger partial charge in [0.05, 0.1) is 6.42 Å². The Morgan fingerprint density at radius 1 is 1.42 bits per heavy atom. The number of hydrogen-bond acceptors (Lipinski definition) is 3. The number of fused-ring (bicyclic) bond motifs is 1. The molecule has 4 nitrogen and oxygen atoms in total. The van der Waals surface area contributed by atoms with Gasteiger partial charge in [-0.1, -0.05) is 13.8 Å². The highest BCUT2D eigenvalue weighted by Crippen LogP contribution is 2.28. The Balaban J connectivity index is 2.03. The van der Waals surface area contributed by atoms with E-state index in [4.69, 9.17) is 5.73 Å². The predicted octanol–water partition coefficient (Wildman–Crippen LogP) is 1.99. The van der Waals surface area contributed by atoms with Crippen LogP contribution in [0, 0.1) is 5.41 Å². The molecule has 0 fully saturated rings. The number of nitrogens with one attached hydrogen (secondary N) is 1. The summed E-state index contributed by atoms with van der Waals surface area (Å²) in [6.07, 6.45) is 1.54. The third-order valence-electron chi connectivity index (χ3n) is 3.83. The van der Waals surface area contributed by atoms with Crippen molar-refractivity contribution in [3.63, 3.8) is 0 Å². The minimum Gasteiger partial charge on any atom is -0.375 e. The zero-order chi connectivity index (χ0) is 14.0. The first kappa shape index (κ1) is 13.9. The van der Waals surface area contributed by atoms with E-state index in [1.54, 1.807) is 0 Å². The fraction of sp³-hybridized carbons (Fsp3) is 0.533. The predicted molar refractivity (Wildman–Crippen MR) is 79.5 cm³/mol. The Kier molecular flexibility index (Phi) is 3.80. The Morgan fingerprint density at radius 3 is 2.84 bits per heavy atom. The molecular formula is C15H23N3O. The standard InChI is InChI=1S/C15H23N3O/c1-15(2,10-16)6-7-18(3)12-4-5-13-11(8-12)9-14(19)17-13/h4-5,8H,6-7,9-10,16H2,1-3H3,(H,17,19). The van der Waals surface area contributed by atoms with E-state index in [9.17, 15) is 4.79 Å². The molecule has 0 aromatic heterocycles. The first-order valence-electron chi connectivity index (χ1n) is 6.75. The van der Waals surface area contributed by atoms with Gasteiger partial charge in [-0.05, 0) is 42.1 Å². The van der Waals surface area contributed by atoms with Crippen LogP contribution in [0.2, 0.25) is 0 Å². The fourth-order valence-electron chi connectivity index (χ4n) is 2.15. The molecule has 0 unspecified atom stereocenters. The zero-order valence-electron chi connectivity index (χ0n) is 12.0. The number of rotatable bonds is 5. The summed E-state index contributed by atoms with van der Waals surface area (Å²) in [6, 6.07) is 6.14. The SMILES string of the molecule is CN(CCC(C)(C)CN)c1ccc2c(c1)CC(=O)N2. The summed E-state index contributed by atoms with van der Waals surface area (Å²) in [6.45, 7) is 6.03. The van der Waals surface area contributed by atoms with Gasteiger partial charge in [0.25, 0.3) is 0 Å². The molecule has 1 aliphatic heterocycles. The summed E-state index contributed by atoms with van der Waals surface area (Å²) in [7, 11) is 2.08. The molecule has 19 heavy (non-hydrogen) atoms. The third kappa shape index (κ3) is 3.26. The van der Waals surface area contributed by atoms with E-state index in [1.165, 1.54) is 0 Å². The van der Waals surface area contributed by atoms with Gasteiger partial charge in [-0.3, -0.25) is 4.79 Å². The molecule has 1 heterocycles. The van der Waals surface area contributed by atoms with E-state index in [2.05, 4.69) is 43.2 Å². The van der Waals surface area contributed by atoms with Gasteiger partial charge in [0.2, 0.25) is 5.91 Å². The number of nitrogens with two attached hydrogens (primary N) is 1. The molecular weight excluding hydrogens is 238 g/mol. The van der Waals surface area contributed by atoms with Gasteiger partial charge in [-0.25, -0.2) is 0 Å². The quantitative estimate of drug-likeness (QED) is 0.852. The second-order valence-electron chi connectivity index (χ2n) is 6.11. The maximum Gasteiger partial charge on any atom is 0.228 e. The van der Waals surface area contributed by atoms with E-state index in [-0.39, 0.29) is 11.3 Å². The van der Waals surface area contributed by atoms with Crippen molar-refractivity contribution >= 4 is 17.3 Å². The van der Waals surface area contributed by atoms with Crippen molar-refractivity contribution in [3.8, 4) is 0 Å².